The van der Waals surface area contributed by atoms with Gasteiger partial charge in [-0.15, -0.1) is 0 Å². The molecule has 0 bridgehead atoms. The second-order valence-corrected chi connectivity index (χ2v) is 5.14. The van der Waals surface area contributed by atoms with Gasteiger partial charge in [0.05, 0.1) is 11.3 Å². The van der Waals surface area contributed by atoms with Crippen molar-refractivity contribution >= 4 is 5.97 Å². The summed E-state index contributed by atoms with van der Waals surface area (Å²) in [6, 6.07) is 7.00. The number of carbonyl (C=O) groups is 1. The molecule has 0 unspecified atom stereocenters. The second-order valence-electron chi connectivity index (χ2n) is 5.14. The van der Waals surface area contributed by atoms with Crippen molar-refractivity contribution in [3.63, 3.8) is 0 Å². The van der Waals surface area contributed by atoms with Crippen LogP contribution in [0, 0.1) is 18.3 Å². The first kappa shape index (κ1) is 18.2. The molecule has 1 atom stereocenters. The fourth-order valence-electron chi connectivity index (χ4n) is 2.01. The van der Waals surface area contributed by atoms with Crippen LogP contribution in [0.4, 0.5) is 13.2 Å². The lowest BCUT2D eigenvalue weighted by Gasteiger charge is -2.13. The van der Waals surface area contributed by atoms with Crippen LogP contribution in [0.2, 0.25) is 0 Å². The highest BCUT2D eigenvalue weighted by Gasteiger charge is 2.30. The average Bonchev–Trinajstić information content (AvgIpc) is 2.54. The third-order valence-electron chi connectivity index (χ3n) is 3.18. The van der Waals surface area contributed by atoms with Gasteiger partial charge in [-0.2, -0.15) is 23.5 Å². The number of carbonyl (C=O) groups excluding carboxylic acids is 1. The van der Waals surface area contributed by atoms with E-state index < -0.39 is 34.9 Å². The first-order valence-corrected chi connectivity index (χ1v) is 7.02. The highest BCUT2D eigenvalue weighted by Crippen LogP contribution is 2.30. The molecule has 1 aromatic heterocycles. The molecule has 9 heteroatoms. The number of nitriles is 1. The number of aromatic nitrogens is 2. The van der Waals surface area contributed by atoms with Crippen LogP contribution in [-0.4, -0.2) is 21.9 Å². The molecule has 2 aromatic rings. The van der Waals surface area contributed by atoms with Crippen LogP contribution in [0.1, 0.15) is 28.7 Å². The molecular formula is C16H12F3N3O3. The lowest BCUT2D eigenvalue weighted by atomic mass is 10.2. The van der Waals surface area contributed by atoms with Crippen molar-refractivity contribution in [3.05, 3.63) is 57.5 Å². The van der Waals surface area contributed by atoms with Gasteiger partial charge >= 0.3 is 12.1 Å². The van der Waals surface area contributed by atoms with Crippen LogP contribution in [0.5, 0.6) is 0 Å². The maximum Gasteiger partial charge on any atom is 0.416 e. The maximum absolute atomic E-state index is 12.9. The number of hydrogen-bond acceptors (Lipinski definition) is 5. The van der Waals surface area contributed by atoms with E-state index in [1.807, 2.05) is 0 Å². The monoisotopic (exact) mass is 351 g/mol. The summed E-state index contributed by atoms with van der Waals surface area (Å²) in [6.45, 7) is 2.76. The number of ether oxygens (including phenoxy) is 1. The lowest BCUT2D eigenvalue weighted by Crippen LogP contribution is -2.26. The van der Waals surface area contributed by atoms with Crippen LogP contribution >= 0.6 is 0 Å². The zero-order valence-corrected chi connectivity index (χ0v) is 13.2. The van der Waals surface area contributed by atoms with E-state index in [0.29, 0.717) is 0 Å². The number of esters is 1. The minimum Gasteiger partial charge on any atom is -0.442 e. The van der Waals surface area contributed by atoms with Crippen LogP contribution in [0.15, 0.2) is 35.1 Å². The summed E-state index contributed by atoms with van der Waals surface area (Å²) in [5, 5.41) is 12.5. The Kier molecular flexibility index (Phi) is 4.92. The van der Waals surface area contributed by atoms with E-state index in [9.17, 15) is 22.8 Å². The van der Waals surface area contributed by atoms with E-state index in [1.165, 1.54) is 26.0 Å². The number of rotatable bonds is 3. The first-order chi connectivity index (χ1) is 11.6. The summed E-state index contributed by atoms with van der Waals surface area (Å²) in [5.74, 6) is -1.13. The number of nitrogens with zero attached hydrogens (tertiary/aromatic N) is 3. The first-order valence-electron chi connectivity index (χ1n) is 7.02. The molecule has 0 amide bonds. The summed E-state index contributed by atoms with van der Waals surface area (Å²) in [7, 11) is 0. The molecule has 0 aliphatic carbocycles. The van der Waals surface area contributed by atoms with Gasteiger partial charge in [-0.3, -0.25) is 4.79 Å². The van der Waals surface area contributed by atoms with Crippen molar-refractivity contribution in [2.75, 3.05) is 0 Å². The molecule has 0 radical (unpaired) electrons. The van der Waals surface area contributed by atoms with Gasteiger partial charge in [-0.25, -0.2) is 9.48 Å². The van der Waals surface area contributed by atoms with Crippen molar-refractivity contribution in [1.82, 2.24) is 9.78 Å². The van der Waals surface area contributed by atoms with Gasteiger partial charge < -0.3 is 4.74 Å². The third kappa shape index (κ3) is 4.03. The zero-order valence-electron chi connectivity index (χ0n) is 13.2. The van der Waals surface area contributed by atoms with Crippen molar-refractivity contribution in [1.29, 1.82) is 5.26 Å². The molecule has 0 saturated carbocycles. The van der Waals surface area contributed by atoms with Crippen LogP contribution < -0.4 is 5.43 Å². The van der Waals surface area contributed by atoms with Gasteiger partial charge in [0.2, 0.25) is 11.1 Å². The molecule has 0 saturated heterocycles. The maximum atomic E-state index is 12.9. The Bertz CT molecular complexity index is 913. The Hall–Kier alpha value is -3.15. The standard InChI is InChI=1S/C16H12F3N3O3/c1-9-6-13(23)14(15(24)25-10(2)8-20)21-22(9)12-5-3-4-11(7-12)16(17,18)19/h3-7,10H,1-2H3/t10-/m1/s1. The van der Waals surface area contributed by atoms with Crippen LogP contribution in [-0.2, 0) is 10.9 Å². The molecule has 130 valence electrons. The normalized spacial score (nSPS) is 12.3. The van der Waals surface area contributed by atoms with E-state index in [2.05, 4.69) is 5.10 Å². The third-order valence-corrected chi connectivity index (χ3v) is 3.18. The minimum atomic E-state index is -4.55. The van der Waals surface area contributed by atoms with E-state index >= 15 is 0 Å². The van der Waals surface area contributed by atoms with Gasteiger partial charge in [0.1, 0.15) is 6.07 Å². The van der Waals surface area contributed by atoms with Crippen molar-refractivity contribution < 1.29 is 22.7 Å². The van der Waals surface area contributed by atoms with Crippen LogP contribution in [0.25, 0.3) is 5.69 Å². The Morgan fingerprint density at radius 1 is 1.36 bits per heavy atom. The Morgan fingerprint density at radius 3 is 2.64 bits per heavy atom. The molecular weight excluding hydrogens is 339 g/mol. The Balaban J connectivity index is 2.53. The predicted molar refractivity (Wildman–Crippen MR) is 80.1 cm³/mol. The number of alkyl halides is 3. The molecule has 1 aromatic carbocycles. The lowest BCUT2D eigenvalue weighted by molar-refractivity contribution is -0.137. The summed E-state index contributed by atoms with van der Waals surface area (Å²) >= 11 is 0. The van der Waals surface area contributed by atoms with E-state index in [4.69, 9.17) is 10.00 Å². The summed E-state index contributed by atoms with van der Waals surface area (Å²) in [6.07, 6.45) is -5.65. The molecule has 2 rings (SSSR count). The largest absolute Gasteiger partial charge is 0.442 e. The van der Waals surface area contributed by atoms with E-state index in [1.54, 1.807) is 6.07 Å². The smallest absolute Gasteiger partial charge is 0.416 e. The van der Waals surface area contributed by atoms with Gasteiger partial charge in [0, 0.05) is 11.8 Å². The van der Waals surface area contributed by atoms with Gasteiger partial charge in [0.25, 0.3) is 0 Å². The van der Waals surface area contributed by atoms with E-state index in [-0.39, 0.29) is 11.4 Å². The number of aryl methyl sites for hydroxylation is 1. The quantitative estimate of drug-likeness (QED) is 0.794. The molecule has 0 aliphatic heterocycles. The summed E-state index contributed by atoms with van der Waals surface area (Å²) < 4.78 is 44.3. The second kappa shape index (κ2) is 6.76. The van der Waals surface area contributed by atoms with Gasteiger partial charge in [-0.05, 0) is 32.0 Å². The fraction of sp³-hybridized carbons (Fsp3) is 0.250. The number of halogens is 3. The van der Waals surface area contributed by atoms with Gasteiger partial charge in [0.15, 0.2) is 6.10 Å². The molecule has 1 heterocycles. The summed E-state index contributed by atoms with van der Waals surface area (Å²) in [4.78, 5) is 23.8. The SMILES string of the molecule is Cc1cc(=O)c(C(=O)O[C@H](C)C#N)nn1-c1cccc(C(F)(F)F)c1. The minimum absolute atomic E-state index is 0.0229. The molecule has 0 N–H and O–H groups in total. The predicted octanol–water partition coefficient (Wildman–Crippen LogP) is 2.63. The number of benzene rings is 1. The molecule has 0 aliphatic rings. The summed E-state index contributed by atoms with van der Waals surface area (Å²) in [5.41, 5.74) is -2.02. The molecule has 0 spiro atoms. The Labute approximate surface area is 140 Å². The van der Waals surface area contributed by atoms with E-state index in [0.717, 1.165) is 22.9 Å². The zero-order chi connectivity index (χ0) is 18.8. The Morgan fingerprint density at radius 2 is 2.04 bits per heavy atom. The van der Waals surface area contributed by atoms with Crippen molar-refractivity contribution in [2.45, 2.75) is 26.1 Å². The van der Waals surface area contributed by atoms with Crippen molar-refractivity contribution in [3.8, 4) is 11.8 Å². The highest BCUT2D eigenvalue weighted by molar-refractivity contribution is 5.87. The molecule has 25 heavy (non-hydrogen) atoms. The van der Waals surface area contributed by atoms with Gasteiger partial charge in [-0.1, -0.05) is 6.07 Å². The average molecular weight is 351 g/mol. The highest BCUT2D eigenvalue weighted by atomic mass is 19.4. The fourth-order valence-corrected chi connectivity index (χ4v) is 2.01. The van der Waals surface area contributed by atoms with Crippen molar-refractivity contribution in [2.24, 2.45) is 0 Å². The number of hydrogen-bond donors (Lipinski definition) is 0. The molecule has 0 fully saturated rings. The topological polar surface area (TPSA) is 85.0 Å². The van der Waals surface area contributed by atoms with Crippen LogP contribution in [0.3, 0.4) is 0 Å². The molecule has 6 nitrogen and oxygen atoms in total.